The van der Waals surface area contributed by atoms with Crippen LogP contribution in [-0.4, -0.2) is 21.4 Å². The van der Waals surface area contributed by atoms with E-state index in [2.05, 4.69) is 10.0 Å². The monoisotopic (exact) mass is 372 g/mol. The number of carbonyl (C=O) groups excluding carboxylic acids is 1. The molecule has 2 N–H and O–H groups in total. The number of halogens is 2. The molecule has 2 aromatic carbocycles. The second kappa shape index (κ2) is 7.06. The van der Waals surface area contributed by atoms with Gasteiger partial charge in [-0.05, 0) is 36.4 Å². The van der Waals surface area contributed by atoms with Crippen molar-refractivity contribution in [2.24, 2.45) is 0 Å². The van der Waals surface area contributed by atoms with E-state index in [-0.39, 0.29) is 21.5 Å². The molecular formula is C15H14ClFN2O4S. The number of amides is 1. The average Bonchev–Trinajstić information content (AvgIpc) is 2.49. The maximum Gasteiger partial charge on any atom is 0.261 e. The van der Waals surface area contributed by atoms with Gasteiger partial charge in [-0.25, -0.2) is 12.8 Å². The van der Waals surface area contributed by atoms with E-state index in [4.69, 9.17) is 16.3 Å². The molecule has 0 unspecified atom stereocenters. The molecule has 9 heteroatoms. The standard InChI is InChI=1S/C15H14ClFN2O4S/c1-9(20)18-14-7-10(3-6-15(14)23-2)19-24(21,22)11-4-5-13(17)12(16)8-11/h3-8,19H,1-2H3,(H,18,20). The van der Waals surface area contributed by atoms with Crippen LogP contribution >= 0.6 is 11.6 Å². The van der Waals surface area contributed by atoms with Gasteiger partial charge in [0, 0.05) is 6.92 Å². The van der Waals surface area contributed by atoms with Gasteiger partial charge in [0.15, 0.2) is 0 Å². The second-order valence-electron chi connectivity index (χ2n) is 4.78. The zero-order valence-electron chi connectivity index (χ0n) is 12.8. The number of nitrogens with one attached hydrogen (secondary N) is 2. The van der Waals surface area contributed by atoms with Gasteiger partial charge in [0.05, 0.1) is 28.4 Å². The Morgan fingerprint density at radius 3 is 2.50 bits per heavy atom. The number of benzene rings is 2. The topological polar surface area (TPSA) is 84.5 Å². The molecule has 0 aliphatic carbocycles. The molecule has 0 radical (unpaired) electrons. The molecule has 24 heavy (non-hydrogen) atoms. The summed E-state index contributed by atoms with van der Waals surface area (Å²) in [5, 5.41) is 2.24. The van der Waals surface area contributed by atoms with Crippen LogP contribution in [0.2, 0.25) is 5.02 Å². The van der Waals surface area contributed by atoms with Gasteiger partial charge < -0.3 is 10.1 Å². The van der Waals surface area contributed by atoms with Gasteiger partial charge in [-0.1, -0.05) is 11.6 Å². The smallest absolute Gasteiger partial charge is 0.261 e. The largest absolute Gasteiger partial charge is 0.495 e. The molecule has 0 aliphatic rings. The van der Waals surface area contributed by atoms with Crippen LogP contribution in [0.4, 0.5) is 15.8 Å². The first-order valence-electron chi connectivity index (χ1n) is 6.66. The molecule has 0 atom stereocenters. The normalized spacial score (nSPS) is 11.0. The summed E-state index contributed by atoms with van der Waals surface area (Å²) in [7, 11) is -2.55. The summed E-state index contributed by atoms with van der Waals surface area (Å²) >= 11 is 5.61. The van der Waals surface area contributed by atoms with Crippen molar-refractivity contribution in [2.75, 3.05) is 17.1 Å². The van der Waals surface area contributed by atoms with Gasteiger partial charge in [0.2, 0.25) is 5.91 Å². The first kappa shape index (κ1) is 18.0. The Bertz CT molecular complexity index is 887. The van der Waals surface area contributed by atoms with E-state index in [9.17, 15) is 17.6 Å². The Kier molecular flexibility index (Phi) is 5.30. The average molecular weight is 373 g/mol. The fourth-order valence-electron chi connectivity index (χ4n) is 1.92. The van der Waals surface area contributed by atoms with Gasteiger partial charge in [0.25, 0.3) is 10.0 Å². The van der Waals surface area contributed by atoms with Crippen molar-refractivity contribution in [3.8, 4) is 5.75 Å². The maximum absolute atomic E-state index is 13.2. The minimum Gasteiger partial charge on any atom is -0.495 e. The van der Waals surface area contributed by atoms with Crippen LogP contribution in [0, 0.1) is 5.82 Å². The van der Waals surface area contributed by atoms with Crippen LogP contribution in [0.5, 0.6) is 5.75 Å². The lowest BCUT2D eigenvalue weighted by Gasteiger charge is -2.13. The van der Waals surface area contributed by atoms with Crippen molar-refractivity contribution in [3.63, 3.8) is 0 Å². The molecule has 0 aromatic heterocycles. The number of sulfonamides is 1. The summed E-state index contributed by atoms with van der Waals surface area (Å²) in [6.07, 6.45) is 0. The van der Waals surface area contributed by atoms with Crippen LogP contribution in [-0.2, 0) is 14.8 Å². The fraction of sp³-hybridized carbons (Fsp3) is 0.133. The number of methoxy groups -OCH3 is 1. The van der Waals surface area contributed by atoms with E-state index in [0.29, 0.717) is 11.4 Å². The van der Waals surface area contributed by atoms with Crippen LogP contribution in [0.15, 0.2) is 41.3 Å². The molecule has 1 amide bonds. The lowest BCUT2D eigenvalue weighted by molar-refractivity contribution is -0.114. The third-order valence-corrected chi connectivity index (χ3v) is 4.63. The van der Waals surface area contributed by atoms with E-state index >= 15 is 0 Å². The molecule has 0 bridgehead atoms. The van der Waals surface area contributed by atoms with E-state index in [1.54, 1.807) is 0 Å². The third-order valence-electron chi connectivity index (χ3n) is 2.96. The minimum atomic E-state index is -3.97. The van der Waals surface area contributed by atoms with Crippen LogP contribution in [0.25, 0.3) is 0 Å². The molecule has 0 saturated heterocycles. The molecule has 0 heterocycles. The van der Waals surface area contributed by atoms with Crippen molar-refractivity contribution in [3.05, 3.63) is 47.2 Å². The number of carbonyl (C=O) groups is 1. The van der Waals surface area contributed by atoms with Gasteiger partial charge in [-0.3, -0.25) is 9.52 Å². The van der Waals surface area contributed by atoms with Gasteiger partial charge in [-0.2, -0.15) is 0 Å². The first-order valence-corrected chi connectivity index (χ1v) is 8.52. The van der Waals surface area contributed by atoms with Gasteiger partial charge in [-0.15, -0.1) is 0 Å². The highest BCUT2D eigenvalue weighted by Crippen LogP contribution is 2.29. The van der Waals surface area contributed by atoms with Crippen molar-refractivity contribution in [2.45, 2.75) is 11.8 Å². The molecule has 6 nitrogen and oxygen atoms in total. The molecule has 2 aromatic rings. The lowest BCUT2D eigenvalue weighted by atomic mass is 10.2. The predicted octanol–water partition coefficient (Wildman–Crippen LogP) is 3.25. The minimum absolute atomic E-state index is 0.189. The zero-order chi connectivity index (χ0) is 17.9. The SMILES string of the molecule is COc1ccc(NS(=O)(=O)c2ccc(F)c(Cl)c2)cc1NC(C)=O. The Balaban J connectivity index is 2.35. The molecule has 2 rings (SSSR count). The van der Waals surface area contributed by atoms with Crippen LogP contribution < -0.4 is 14.8 Å². The zero-order valence-corrected chi connectivity index (χ0v) is 14.3. The maximum atomic E-state index is 13.2. The Morgan fingerprint density at radius 1 is 1.21 bits per heavy atom. The number of ether oxygens (including phenoxy) is 1. The quantitative estimate of drug-likeness (QED) is 0.843. The summed E-state index contributed by atoms with van der Waals surface area (Å²) in [5.74, 6) is -0.676. The predicted molar refractivity (Wildman–Crippen MR) is 89.5 cm³/mol. The first-order chi connectivity index (χ1) is 11.2. The summed E-state index contributed by atoms with van der Waals surface area (Å²) in [4.78, 5) is 11.0. The van der Waals surface area contributed by atoms with E-state index < -0.39 is 15.8 Å². The molecule has 0 aliphatic heterocycles. The van der Waals surface area contributed by atoms with Crippen LogP contribution in [0.3, 0.4) is 0 Å². The third kappa shape index (κ3) is 4.15. The van der Waals surface area contributed by atoms with E-state index in [0.717, 1.165) is 18.2 Å². The Hall–Kier alpha value is -2.32. The lowest BCUT2D eigenvalue weighted by Crippen LogP contribution is -2.14. The number of rotatable bonds is 5. The summed E-state index contributed by atoms with van der Waals surface area (Å²) in [6.45, 7) is 1.32. The Labute approximate surface area is 143 Å². The highest BCUT2D eigenvalue weighted by Gasteiger charge is 2.17. The van der Waals surface area contributed by atoms with Crippen molar-refractivity contribution < 1.29 is 22.3 Å². The van der Waals surface area contributed by atoms with Crippen LogP contribution in [0.1, 0.15) is 6.92 Å². The van der Waals surface area contributed by atoms with E-state index in [1.807, 2.05) is 0 Å². The van der Waals surface area contributed by atoms with Crippen molar-refractivity contribution in [1.82, 2.24) is 0 Å². The van der Waals surface area contributed by atoms with E-state index in [1.165, 1.54) is 32.2 Å². The number of anilines is 2. The summed E-state index contributed by atoms with van der Waals surface area (Å²) in [5.41, 5.74) is 0.502. The summed E-state index contributed by atoms with van der Waals surface area (Å²) in [6, 6.07) is 7.45. The second-order valence-corrected chi connectivity index (χ2v) is 6.87. The van der Waals surface area contributed by atoms with Gasteiger partial charge >= 0.3 is 0 Å². The molecule has 128 valence electrons. The van der Waals surface area contributed by atoms with Gasteiger partial charge in [0.1, 0.15) is 11.6 Å². The summed E-state index contributed by atoms with van der Waals surface area (Å²) < 4.78 is 45.3. The van der Waals surface area contributed by atoms with Crippen molar-refractivity contribution >= 4 is 38.9 Å². The fourth-order valence-corrected chi connectivity index (χ4v) is 3.24. The number of hydrogen-bond acceptors (Lipinski definition) is 4. The number of hydrogen-bond donors (Lipinski definition) is 2. The highest BCUT2D eigenvalue weighted by molar-refractivity contribution is 7.92. The molecule has 0 spiro atoms. The van der Waals surface area contributed by atoms with Crippen molar-refractivity contribution in [1.29, 1.82) is 0 Å². The molecular weight excluding hydrogens is 359 g/mol. The highest BCUT2D eigenvalue weighted by atomic mass is 35.5. The molecule has 0 fully saturated rings. The molecule has 0 saturated carbocycles. The Morgan fingerprint density at radius 2 is 1.92 bits per heavy atom.